The highest BCUT2D eigenvalue weighted by Crippen LogP contribution is 2.44. The Bertz CT molecular complexity index is 1380. The smallest absolute Gasteiger partial charge is 0.0880 e. The quantitative estimate of drug-likeness (QED) is 0.265. The van der Waals surface area contributed by atoms with E-state index < -0.39 is 0 Å². The maximum atomic E-state index is 4.82. The zero-order chi connectivity index (χ0) is 20.2. The van der Waals surface area contributed by atoms with E-state index in [2.05, 4.69) is 75.2 Å². The number of benzene rings is 2. The largest absolute Gasteiger partial charge is 0.255 e. The molecule has 5 aromatic rings. The van der Waals surface area contributed by atoms with Crippen LogP contribution in [-0.2, 0) is 5.41 Å². The van der Waals surface area contributed by atoms with Crippen LogP contribution in [0.25, 0.3) is 41.5 Å². The lowest BCUT2D eigenvalue weighted by atomic mass is 9.85. The minimum absolute atomic E-state index is 0.0538. The first kappa shape index (κ1) is 18.9. The summed E-state index contributed by atoms with van der Waals surface area (Å²) < 4.78 is 3.98. The van der Waals surface area contributed by atoms with Gasteiger partial charge in [0.25, 0.3) is 0 Å². The molecule has 144 valence electrons. The number of thiophene rings is 2. The molecule has 0 saturated heterocycles. The predicted octanol–water partition coefficient (Wildman–Crippen LogP) is 8.86. The summed E-state index contributed by atoms with van der Waals surface area (Å²) in [6.07, 6.45) is 1.95. The Balaban J connectivity index is 1.79. The van der Waals surface area contributed by atoms with Gasteiger partial charge in [0.15, 0.2) is 0 Å². The van der Waals surface area contributed by atoms with Crippen LogP contribution in [0.5, 0.6) is 0 Å². The van der Waals surface area contributed by atoms with Crippen molar-refractivity contribution in [1.29, 1.82) is 0 Å². The van der Waals surface area contributed by atoms with Gasteiger partial charge in [-0.15, -0.1) is 22.7 Å². The van der Waals surface area contributed by atoms with Crippen molar-refractivity contribution in [3.8, 4) is 11.3 Å². The van der Waals surface area contributed by atoms with Crippen LogP contribution in [0.3, 0.4) is 0 Å². The minimum Gasteiger partial charge on any atom is -0.255 e. The van der Waals surface area contributed by atoms with Crippen LogP contribution in [0.4, 0.5) is 0 Å². The van der Waals surface area contributed by atoms with Gasteiger partial charge in [0.2, 0.25) is 0 Å². The van der Waals surface area contributed by atoms with Crippen LogP contribution >= 0.6 is 34.4 Å². The van der Waals surface area contributed by atoms with Crippen LogP contribution in [0.15, 0.2) is 70.9 Å². The summed E-state index contributed by atoms with van der Waals surface area (Å²) >= 11 is 5.36. The second kappa shape index (κ2) is 6.98. The van der Waals surface area contributed by atoms with Gasteiger partial charge in [0.1, 0.15) is 0 Å². The molecule has 0 radical (unpaired) electrons. The molecule has 5 rings (SSSR count). The highest BCUT2D eigenvalue weighted by atomic mass is 32.2. The molecule has 1 nitrogen and oxygen atoms in total. The highest BCUT2D eigenvalue weighted by Gasteiger charge is 2.20. The van der Waals surface area contributed by atoms with E-state index in [1.807, 2.05) is 22.9 Å². The average Bonchev–Trinajstić information content (AvgIpc) is 3.31. The molecule has 0 spiro atoms. The number of aromatic nitrogens is 1. The van der Waals surface area contributed by atoms with E-state index in [4.69, 9.17) is 4.98 Å². The molecule has 0 N–H and O–H groups in total. The van der Waals surface area contributed by atoms with E-state index in [9.17, 15) is 0 Å². The third-order valence-corrected chi connectivity index (χ3v) is 8.18. The van der Waals surface area contributed by atoms with Crippen LogP contribution < -0.4 is 0 Å². The lowest BCUT2D eigenvalue weighted by Crippen LogP contribution is -2.12. The SMILES string of the molecule is C=CSc1ccc(-c2nccc3c2sc2c4ccsc4ccc32)cc1C(C)(C)C. The Hall–Kier alpha value is -2.14. The Morgan fingerprint density at radius 3 is 2.59 bits per heavy atom. The first-order valence-electron chi connectivity index (χ1n) is 9.57. The van der Waals surface area contributed by atoms with E-state index in [0.29, 0.717) is 0 Å². The number of hydrogen-bond donors (Lipinski definition) is 0. The van der Waals surface area contributed by atoms with Gasteiger partial charge in [-0.05, 0) is 52.1 Å². The van der Waals surface area contributed by atoms with Crippen LogP contribution in [-0.4, -0.2) is 4.98 Å². The molecule has 29 heavy (non-hydrogen) atoms. The Kier molecular flexibility index (Phi) is 4.54. The first-order chi connectivity index (χ1) is 14.0. The van der Waals surface area contributed by atoms with Gasteiger partial charge in [-0.25, -0.2) is 0 Å². The monoisotopic (exact) mass is 431 g/mol. The molecule has 0 aliphatic carbocycles. The fourth-order valence-electron chi connectivity index (χ4n) is 3.87. The van der Waals surface area contributed by atoms with Crippen molar-refractivity contribution in [3.63, 3.8) is 0 Å². The van der Waals surface area contributed by atoms with Crippen molar-refractivity contribution in [1.82, 2.24) is 4.98 Å². The van der Waals surface area contributed by atoms with E-state index in [-0.39, 0.29) is 5.41 Å². The maximum Gasteiger partial charge on any atom is 0.0880 e. The lowest BCUT2D eigenvalue weighted by Gasteiger charge is -2.23. The Labute approximate surface area is 183 Å². The number of fused-ring (bicyclic) bond motifs is 5. The summed E-state index contributed by atoms with van der Waals surface area (Å²) in [5.41, 5.74) is 3.65. The molecule has 0 aliphatic rings. The van der Waals surface area contributed by atoms with Crippen molar-refractivity contribution in [3.05, 3.63) is 71.6 Å². The third-order valence-electron chi connectivity index (χ3n) is 5.26. The fraction of sp³-hybridized carbons (Fsp3) is 0.160. The predicted molar refractivity (Wildman–Crippen MR) is 133 cm³/mol. The van der Waals surface area contributed by atoms with E-state index in [1.165, 1.54) is 46.3 Å². The number of rotatable bonds is 3. The molecule has 3 heterocycles. The normalized spacial score (nSPS) is 12.2. The molecule has 0 saturated carbocycles. The molecular weight excluding hydrogens is 410 g/mol. The first-order valence-corrected chi connectivity index (χ1v) is 12.1. The van der Waals surface area contributed by atoms with Crippen molar-refractivity contribution >= 4 is 64.7 Å². The maximum absolute atomic E-state index is 4.82. The molecule has 4 heteroatoms. The Morgan fingerprint density at radius 1 is 0.966 bits per heavy atom. The van der Waals surface area contributed by atoms with E-state index >= 15 is 0 Å². The molecule has 0 amide bonds. The Morgan fingerprint density at radius 2 is 1.79 bits per heavy atom. The van der Waals surface area contributed by atoms with Gasteiger partial charge in [-0.1, -0.05) is 51.2 Å². The lowest BCUT2D eigenvalue weighted by molar-refractivity contribution is 0.578. The summed E-state index contributed by atoms with van der Waals surface area (Å²) in [4.78, 5) is 6.09. The number of nitrogens with zero attached hydrogens (tertiary/aromatic N) is 1. The molecule has 0 aliphatic heterocycles. The van der Waals surface area contributed by atoms with Gasteiger partial charge in [-0.3, -0.25) is 4.98 Å². The molecule has 2 aromatic carbocycles. The van der Waals surface area contributed by atoms with Gasteiger partial charge in [0, 0.05) is 42.2 Å². The number of thioether (sulfide) groups is 1. The summed E-state index contributed by atoms with van der Waals surface area (Å²) in [6, 6.07) is 15.6. The van der Waals surface area contributed by atoms with Crippen molar-refractivity contribution in [2.45, 2.75) is 31.1 Å². The number of hydrogen-bond acceptors (Lipinski definition) is 4. The van der Waals surface area contributed by atoms with Gasteiger partial charge >= 0.3 is 0 Å². The van der Waals surface area contributed by atoms with Crippen molar-refractivity contribution in [2.75, 3.05) is 0 Å². The highest BCUT2D eigenvalue weighted by molar-refractivity contribution is 8.02. The standard InChI is InChI=1S/C25H21NS3/c1-5-27-21-8-6-15(14-19(21)25(2,3)4)22-24-17(10-12-26-22)16-7-9-20-18(11-13-28-20)23(16)29-24/h5-14H,1H2,2-4H3. The minimum atomic E-state index is 0.0538. The topological polar surface area (TPSA) is 12.9 Å². The molecular formula is C25H21NS3. The van der Waals surface area contributed by atoms with Crippen LogP contribution in [0, 0.1) is 0 Å². The molecule has 0 fully saturated rings. The third kappa shape index (κ3) is 3.10. The molecule has 0 bridgehead atoms. The van der Waals surface area contributed by atoms with Crippen molar-refractivity contribution < 1.29 is 0 Å². The van der Waals surface area contributed by atoms with Gasteiger partial charge < -0.3 is 0 Å². The summed E-state index contributed by atoms with van der Waals surface area (Å²) in [6.45, 7) is 10.7. The van der Waals surface area contributed by atoms with Gasteiger partial charge in [-0.2, -0.15) is 0 Å². The van der Waals surface area contributed by atoms with Crippen LogP contribution in [0.2, 0.25) is 0 Å². The van der Waals surface area contributed by atoms with Gasteiger partial charge in [0.05, 0.1) is 10.4 Å². The molecule has 0 unspecified atom stereocenters. The van der Waals surface area contributed by atoms with Crippen molar-refractivity contribution in [2.24, 2.45) is 0 Å². The second-order valence-corrected chi connectivity index (χ2v) is 11.1. The zero-order valence-corrected chi connectivity index (χ0v) is 19.1. The van der Waals surface area contributed by atoms with E-state index in [1.54, 1.807) is 23.1 Å². The molecule has 0 atom stereocenters. The average molecular weight is 432 g/mol. The summed E-state index contributed by atoms with van der Waals surface area (Å²) in [5, 5.41) is 8.06. The van der Waals surface area contributed by atoms with E-state index in [0.717, 1.165) is 5.69 Å². The molecule has 3 aromatic heterocycles. The zero-order valence-electron chi connectivity index (χ0n) is 16.7. The van der Waals surface area contributed by atoms with Crippen LogP contribution in [0.1, 0.15) is 26.3 Å². The fourth-order valence-corrected chi connectivity index (χ4v) is 6.88. The second-order valence-electron chi connectivity index (χ2n) is 8.16. The summed E-state index contributed by atoms with van der Waals surface area (Å²) in [5.74, 6) is 0. The summed E-state index contributed by atoms with van der Waals surface area (Å²) in [7, 11) is 0. The number of pyridine rings is 1.